The molecule has 1 aromatic carbocycles. The number of rotatable bonds is 6. The maximum Gasteiger partial charge on any atom is 0.215 e. The summed E-state index contributed by atoms with van der Waals surface area (Å²) < 4.78 is 26.0. The number of nitriles is 1. The van der Waals surface area contributed by atoms with Crippen molar-refractivity contribution in [2.75, 3.05) is 13.2 Å². The lowest BCUT2D eigenvalue weighted by Gasteiger charge is -2.10. The van der Waals surface area contributed by atoms with Crippen LogP contribution in [0, 0.1) is 17.2 Å². The molecule has 0 heterocycles. The molecule has 18 heavy (non-hydrogen) atoms. The minimum Gasteiger partial charge on any atom is -0.396 e. The number of aliphatic hydroxyl groups is 1. The topological polar surface area (TPSA) is 90.2 Å². The van der Waals surface area contributed by atoms with Gasteiger partial charge in [0.15, 0.2) is 0 Å². The van der Waals surface area contributed by atoms with Crippen LogP contribution in [0.25, 0.3) is 0 Å². The lowest BCUT2D eigenvalue weighted by Crippen LogP contribution is -2.30. The van der Waals surface area contributed by atoms with Crippen LogP contribution in [0.2, 0.25) is 0 Å². The van der Waals surface area contributed by atoms with Gasteiger partial charge >= 0.3 is 0 Å². The Morgan fingerprint density at radius 2 is 2.11 bits per heavy atom. The number of hydrogen-bond acceptors (Lipinski definition) is 4. The monoisotopic (exact) mass is 268 g/mol. The number of nitrogens with one attached hydrogen (secondary N) is 1. The van der Waals surface area contributed by atoms with Crippen molar-refractivity contribution in [1.29, 1.82) is 5.26 Å². The summed E-state index contributed by atoms with van der Waals surface area (Å²) >= 11 is 0. The summed E-state index contributed by atoms with van der Waals surface area (Å²) in [5.74, 6) is -0.361. The van der Waals surface area contributed by atoms with E-state index in [1.807, 2.05) is 6.07 Å². The van der Waals surface area contributed by atoms with Gasteiger partial charge in [0.2, 0.25) is 10.0 Å². The SMILES string of the molecule is CC(CO)CNS(=O)(=O)Cc1ccccc1C#N. The van der Waals surface area contributed by atoms with Gasteiger partial charge in [-0.25, -0.2) is 13.1 Å². The van der Waals surface area contributed by atoms with E-state index in [0.717, 1.165) is 0 Å². The molecule has 0 saturated carbocycles. The van der Waals surface area contributed by atoms with Gasteiger partial charge in [0.25, 0.3) is 0 Å². The smallest absolute Gasteiger partial charge is 0.215 e. The number of aliphatic hydroxyl groups excluding tert-OH is 1. The molecule has 6 heteroatoms. The molecular formula is C12H16N2O3S. The fraction of sp³-hybridized carbons (Fsp3) is 0.417. The Hall–Kier alpha value is -1.42. The van der Waals surface area contributed by atoms with Gasteiger partial charge in [0.1, 0.15) is 0 Å². The zero-order valence-corrected chi connectivity index (χ0v) is 10.9. The highest BCUT2D eigenvalue weighted by Gasteiger charge is 2.14. The molecule has 1 aromatic rings. The molecule has 0 aliphatic rings. The summed E-state index contributed by atoms with van der Waals surface area (Å²) in [6.07, 6.45) is 0. The first-order valence-corrected chi connectivity index (χ1v) is 7.20. The van der Waals surface area contributed by atoms with Crippen LogP contribution in [0.4, 0.5) is 0 Å². The molecule has 0 radical (unpaired) electrons. The highest BCUT2D eigenvalue weighted by Crippen LogP contribution is 2.10. The van der Waals surface area contributed by atoms with Gasteiger partial charge in [-0.3, -0.25) is 0 Å². The maximum atomic E-state index is 11.8. The number of sulfonamides is 1. The van der Waals surface area contributed by atoms with E-state index in [0.29, 0.717) is 11.1 Å². The van der Waals surface area contributed by atoms with E-state index < -0.39 is 10.0 Å². The van der Waals surface area contributed by atoms with E-state index in [9.17, 15) is 8.42 Å². The third kappa shape index (κ3) is 4.45. The molecule has 1 unspecified atom stereocenters. The van der Waals surface area contributed by atoms with Gasteiger partial charge in [-0.15, -0.1) is 0 Å². The molecule has 0 bridgehead atoms. The van der Waals surface area contributed by atoms with Crippen molar-refractivity contribution in [2.24, 2.45) is 5.92 Å². The summed E-state index contributed by atoms with van der Waals surface area (Å²) in [7, 11) is -3.48. The Morgan fingerprint density at radius 1 is 1.44 bits per heavy atom. The fourth-order valence-electron chi connectivity index (χ4n) is 1.34. The fourth-order valence-corrected chi connectivity index (χ4v) is 2.65. The first-order chi connectivity index (χ1) is 8.48. The Bertz CT molecular complexity index is 534. The van der Waals surface area contributed by atoms with Crippen molar-refractivity contribution in [1.82, 2.24) is 4.72 Å². The largest absolute Gasteiger partial charge is 0.396 e. The average molecular weight is 268 g/mol. The Labute approximate surface area is 107 Å². The van der Waals surface area contributed by atoms with Gasteiger partial charge in [0.05, 0.1) is 17.4 Å². The molecule has 1 atom stereocenters. The van der Waals surface area contributed by atoms with Crippen molar-refractivity contribution in [3.05, 3.63) is 35.4 Å². The zero-order valence-electron chi connectivity index (χ0n) is 10.1. The van der Waals surface area contributed by atoms with E-state index >= 15 is 0 Å². The highest BCUT2D eigenvalue weighted by atomic mass is 32.2. The summed E-state index contributed by atoms with van der Waals surface area (Å²) in [6.45, 7) is 1.86. The predicted octanol–water partition coefficient (Wildman–Crippen LogP) is 0.606. The molecule has 0 aliphatic heterocycles. The quantitative estimate of drug-likeness (QED) is 0.790. The van der Waals surface area contributed by atoms with Crippen LogP contribution < -0.4 is 4.72 Å². The van der Waals surface area contributed by atoms with E-state index in [-0.39, 0.29) is 24.8 Å². The summed E-state index contributed by atoms with van der Waals surface area (Å²) in [6, 6.07) is 8.55. The molecule has 5 nitrogen and oxygen atoms in total. The summed E-state index contributed by atoms with van der Waals surface area (Å²) in [5.41, 5.74) is 0.835. The van der Waals surface area contributed by atoms with E-state index in [4.69, 9.17) is 10.4 Å². The van der Waals surface area contributed by atoms with Crippen molar-refractivity contribution < 1.29 is 13.5 Å². The first kappa shape index (κ1) is 14.6. The zero-order chi connectivity index (χ0) is 13.6. The molecule has 1 rings (SSSR count). The van der Waals surface area contributed by atoms with Gasteiger partial charge in [-0.1, -0.05) is 25.1 Å². The van der Waals surface area contributed by atoms with Crippen LogP contribution in [0.5, 0.6) is 0 Å². The second kappa shape index (κ2) is 6.50. The van der Waals surface area contributed by atoms with Crippen molar-refractivity contribution in [2.45, 2.75) is 12.7 Å². The standard InChI is InChI=1S/C12H16N2O3S/c1-10(8-15)7-14-18(16,17)9-12-5-3-2-4-11(12)6-13/h2-5,10,14-15H,7-9H2,1H3. The molecule has 0 fully saturated rings. The van der Waals surface area contributed by atoms with Crippen LogP contribution in [-0.4, -0.2) is 26.7 Å². The minimum absolute atomic E-state index is 0.0721. The molecule has 98 valence electrons. The van der Waals surface area contributed by atoms with Crippen LogP contribution >= 0.6 is 0 Å². The normalized spacial score (nSPS) is 12.9. The van der Waals surface area contributed by atoms with Crippen LogP contribution in [-0.2, 0) is 15.8 Å². The second-order valence-electron chi connectivity index (χ2n) is 4.16. The van der Waals surface area contributed by atoms with Gasteiger partial charge in [-0.2, -0.15) is 5.26 Å². The number of hydrogen-bond donors (Lipinski definition) is 2. The average Bonchev–Trinajstić information content (AvgIpc) is 2.36. The van der Waals surface area contributed by atoms with Crippen molar-refractivity contribution >= 4 is 10.0 Å². The van der Waals surface area contributed by atoms with Crippen molar-refractivity contribution in [3.8, 4) is 6.07 Å². The van der Waals surface area contributed by atoms with Crippen LogP contribution in [0.3, 0.4) is 0 Å². The minimum atomic E-state index is -3.48. The maximum absolute atomic E-state index is 11.8. The molecule has 0 spiro atoms. The van der Waals surface area contributed by atoms with Gasteiger partial charge < -0.3 is 5.11 Å². The molecular weight excluding hydrogens is 252 g/mol. The summed E-state index contributed by atoms with van der Waals surface area (Å²) in [5, 5.41) is 17.7. The Balaban J connectivity index is 2.74. The first-order valence-electron chi connectivity index (χ1n) is 5.54. The third-order valence-corrected chi connectivity index (χ3v) is 3.74. The van der Waals surface area contributed by atoms with Gasteiger partial charge in [0, 0.05) is 13.2 Å². The second-order valence-corrected chi connectivity index (χ2v) is 5.97. The molecule has 0 aromatic heterocycles. The number of nitrogens with zero attached hydrogens (tertiary/aromatic N) is 1. The van der Waals surface area contributed by atoms with Crippen LogP contribution in [0.15, 0.2) is 24.3 Å². The van der Waals surface area contributed by atoms with E-state index in [1.165, 1.54) is 0 Å². The summed E-state index contributed by atoms with van der Waals surface area (Å²) in [4.78, 5) is 0. The Morgan fingerprint density at radius 3 is 2.72 bits per heavy atom. The predicted molar refractivity (Wildman–Crippen MR) is 68.0 cm³/mol. The molecule has 0 saturated heterocycles. The molecule has 0 amide bonds. The van der Waals surface area contributed by atoms with E-state index in [2.05, 4.69) is 4.72 Å². The third-order valence-electron chi connectivity index (χ3n) is 2.45. The highest BCUT2D eigenvalue weighted by molar-refractivity contribution is 7.88. The van der Waals surface area contributed by atoms with Crippen LogP contribution in [0.1, 0.15) is 18.1 Å². The van der Waals surface area contributed by atoms with E-state index in [1.54, 1.807) is 31.2 Å². The number of benzene rings is 1. The lowest BCUT2D eigenvalue weighted by atomic mass is 10.1. The van der Waals surface area contributed by atoms with Crippen molar-refractivity contribution in [3.63, 3.8) is 0 Å². The lowest BCUT2D eigenvalue weighted by molar-refractivity contribution is 0.238. The Kier molecular flexibility index (Phi) is 5.28. The molecule has 2 N–H and O–H groups in total. The van der Waals surface area contributed by atoms with Gasteiger partial charge in [-0.05, 0) is 17.5 Å². The molecule has 0 aliphatic carbocycles.